The largest absolute Gasteiger partial charge is 0.329 e. The van der Waals surface area contributed by atoms with Crippen molar-refractivity contribution in [2.24, 2.45) is 0 Å². The average Bonchev–Trinajstić information content (AvgIpc) is 2.76. The summed E-state index contributed by atoms with van der Waals surface area (Å²) in [6, 6.07) is 13.5. The first-order chi connectivity index (χ1) is 16.8. The molecule has 36 heavy (non-hydrogen) atoms. The van der Waals surface area contributed by atoms with Gasteiger partial charge in [-0.1, -0.05) is 0 Å². The number of aromatic nitrogens is 4. The lowest BCUT2D eigenvalue weighted by molar-refractivity contribution is 0.369. The zero-order chi connectivity index (χ0) is 26.1. The van der Waals surface area contributed by atoms with Crippen LogP contribution in [0.25, 0.3) is 34.2 Å². The van der Waals surface area contributed by atoms with Gasteiger partial charge in [-0.2, -0.15) is 0 Å². The summed E-state index contributed by atoms with van der Waals surface area (Å²) in [5, 5.41) is 0. The van der Waals surface area contributed by atoms with Gasteiger partial charge in [0, 0.05) is 12.4 Å². The maximum Gasteiger partial charge on any atom is 0.329 e. The number of pyridine rings is 4. The summed E-state index contributed by atoms with van der Waals surface area (Å²) in [4.78, 5) is 55.9. The quantitative estimate of drug-likeness (QED) is 0.256. The molecule has 0 saturated heterocycles. The van der Waals surface area contributed by atoms with Crippen molar-refractivity contribution in [2.45, 2.75) is 26.2 Å². The molecule has 0 aliphatic rings. The summed E-state index contributed by atoms with van der Waals surface area (Å²) in [5.74, 6) is 0. The van der Waals surface area contributed by atoms with Gasteiger partial charge >= 0.3 is 15.2 Å². The number of rotatable bonds is 7. The molecule has 0 amide bonds. The van der Waals surface area contributed by atoms with Gasteiger partial charge in [0.1, 0.15) is 0 Å². The van der Waals surface area contributed by atoms with E-state index < -0.39 is 27.5 Å². The lowest BCUT2D eigenvalue weighted by Gasteiger charge is -2.12. The van der Waals surface area contributed by atoms with Gasteiger partial charge in [0.25, 0.3) is 0 Å². The van der Waals surface area contributed by atoms with Crippen LogP contribution < -0.4 is 0 Å². The molecule has 10 nitrogen and oxygen atoms in total. The molecule has 12 heteroatoms. The van der Waals surface area contributed by atoms with Crippen LogP contribution in [0.2, 0.25) is 0 Å². The molecule has 0 unspecified atom stereocenters. The molecule has 4 aromatic heterocycles. The Hall–Kier alpha value is -3.10. The second-order valence-electron chi connectivity index (χ2n) is 8.57. The molecule has 4 aromatic rings. The SMILES string of the molecule is Cc1ccnc(-c2cc(C)cc(-c3cc(CP(=O)(O)O)cc(-c4cc(CP(=O)(O)O)ccn4)n3)n2)c1. The van der Waals surface area contributed by atoms with Crippen molar-refractivity contribution in [1.29, 1.82) is 0 Å². The van der Waals surface area contributed by atoms with Gasteiger partial charge in [-0.25, -0.2) is 9.97 Å². The Bertz CT molecular complexity index is 1530. The second-order valence-corrected chi connectivity index (χ2v) is 11.9. The lowest BCUT2D eigenvalue weighted by Crippen LogP contribution is -1.99. The molecule has 186 valence electrons. The summed E-state index contributed by atoms with van der Waals surface area (Å²) in [6.07, 6.45) is 2.12. The molecule has 0 atom stereocenters. The minimum Gasteiger partial charge on any atom is -0.324 e. The first kappa shape index (κ1) is 26.0. The highest BCUT2D eigenvalue weighted by Gasteiger charge is 2.19. The smallest absolute Gasteiger partial charge is 0.324 e. The van der Waals surface area contributed by atoms with Crippen LogP contribution in [0.4, 0.5) is 0 Å². The molecular formula is C24H24N4O6P2. The minimum absolute atomic E-state index is 0.294. The van der Waals surface area contributed by atoms with E-state index in [1.165, 1.54) is 24.4 Å². The van der Waals surface area contributed by atoms with Gasteiger partial charge < -0.3 is 19.6 Å². The Morgan fingerprint density at radius 2 is 1.00 bits per heavy atom. The fraction of sp³-hybridized carbons (Fsp3) is 0.167. The van der Waals surface area contributed by atoms with Crippen molar-refractivity contribution in [3.8, 4) is 34.2 Å². The van der Waals surface area contributed by atoms with Crippen LogP contribution in [-0.4, -0.2) is 39.5 Å². The Balaban J connectivity index is 1.85. The van der Waals surface area contributed by atoms with Crippen molar-refractivity contribution in [3.05, 3.63) is 83.2 Å². The van der Waals surface area contributed by atoms with Crippen LogP contribution in [0, 0.1) is 13.8 Å². The molecule has 0 aliphatic carbocycles. The maximum absolute atomic E-state index is 11.8. The Morgan fingerprint density at radius 1 is 0.583 bits per heavy atom. The van der Waals surface area contributed by atoms with Gasteiger partial charge in [0.2, 0.25) is 0 Å². The molecule has 0 fully saturated rings. The third kappa shape index (κ3) is 6.98. The Kier molecular flexibility index (Phi) is 7.29. The molecule has 4 heterocycles. The highest BCUT2D eigenvalue weighted by molar-refractivity contribution is 7.51. The molecule has 0 saturated carbocycles. The summed E-state index contributed by atoms with van der Waals surface area (Å²) in [5.41, 5.74) is 5.36. The van der Waals surface area contributed by atoms with E-state index in [2.05, 4.69) is 15.0 Å². The number of nitrogens with zero attached hydrogens (tertiary/aromatic N) is 4. The molecule has 4 N–H and O–H groups in total. The third-order valence-corrected chi connectivity index (χ3v) is 6.71. The Labute approximate surface area is 207 Å². The van der Waals surface area contributed by atoms with Crippen LogP contribution in [0.5, 0.6) is 0 Å². The summed E-state index contributed by atoms with van der Waals surface area (Å²) < 4.78 is 23.2. The first-order valence-electron chi connectivity index (χ1n) is 10.8. The average molecular weight is 526 g/mol. The van der Waals surface area contributed by atoms with Gasteiger partial charge in [0.15, 0.2) is 0 Å². The van der Waals surface area contributed by atoms with Crippen molar-refractivity contribution in [1.82, 2.24) is 19.9 Å². The van der Waals surface area contributed by atoms with Gasteiger partial charge in [-0.05, 0) is 84.6 Å². The second kappa shape index (κ2) is 10.1. The topological polar surface area (TPSA) is 167 Å². The fourth-order valence-electron chi connectivity index (χ4n) is 3.74. The molecule has 0 aromatic carbocycles. The zero-order valence-corrected chi connectivity index (χ0v) is 21.3. The van der Waals surface area contributed by atoms with Crippen molar-refractivity contribution >= 4 is 15.2 Å². The fourth-order valence-corrected chi connectivity index (χ4v) is 5.07. The number of aryl methyl sites for hydroxylation is 2. The van der Waals surface area contributed by atoms with Gasteiger partial charge in [-0.15, -0.1) is 0 Å². The zero-order valence-electron chi connectivity index (χ0n) is 19.5. The maximum atomic E-state index is 11.8. The minimum atomic E-state index is -4.40. The predicted molar refractivity (Wildman–Crippen MR) is 135 cm³/mol. The summed E-state index contributed by atoms with van der Waals surface area (Å²) in [6.45, 7) is 3.85. The normalized spacial score (nSPS) is 12.1. The summed E-state index contributed by atoms with van der Waals surface area (Å²) >= 11 is 0. The third-order valence-electron chi connectivity index (χ3n) is 5.16. The van der Waals surface area contributed by atoms with Crippen molar-refractivity contribution in [2.75, 3.05) is 0 Å². The van der Waals surface area contributed by atoms with Crippen LogP contribution >= 0.6 is 15.2 Å². The lowest BCUT2D eigenvalue weighted by atomic mass is 10.1. The number of hydrogen-bond donors (Lipinski definition) is 4. The van der Waals surface area contributed by atoms with E-state index in [4.69, 9.17) is 4.98 Å². The van der Waals surface area contributed by atoms with Gasteiger partial charge in [-0.3, -0.25) is 19.1 Å². The van der Waals surface area contributed by atoms with Crippen LogP contribution in [0.1, 0.15) is 22.3 Å². The summed E-state index contributed by atoms with van der Waals surface area (Å²) in [7, 11) is -8.71. The van der Waals surface area contributed by atoms with E-state index in [0.717, 1.165) is 11.1 Å². The highest BCUT2D eigenvalue weighted by atomic mass is 31.2. The molecular weight excluding hydrogens is 502 g/mol. The molecule has 0 aliphatic heterocycles. The van der Waals surface area contributed by atoms with Crippen LogP contribution in [0.15, 0.2) is 60.9 Å². The molecule has 0 radical (unpaired) electrons. The van der Waals surface area contributed by atoms with Crippen LogP contribution in [-0.2, 0) is 21.5 Å². The monoisotopic (exact) mass is 526 g/mol. The molecule has 4 rings (SSSR count). The van der Waals surface area contributed by atoms with Crippen molar-refractivity contribution in [3.63, 3.8) is 0 Å². The molecule has 0 spiro atoms. The Morgan fingerprint density at radius 3 is 1.58 bits per heavy atom. The van der Waals surface area contributed by atoms with E-state index in [9.17, 15) is 28.7 Å². The van der Waals surface area contributed by atoms with E-state index in [0.29, 0.717) is 45.3 Å². The highest BCUT2D eigenvalue weighted by Crippen LogP contribution is 2.41. The van der Waals surface area contributed by atoms with E-state index in [-0.39, 0.29) is 0 Å². The first-order valence-corrected chi connectivity index (χ1v) is 14.4. The molecule has 0 bridgehead atoms. The predicted octanol–water partition coefficient (Wildman–Crippen LogP) is 4.24. The van der Waals surface area contributed by atoms with E-state index >= 15 is 0 Å². The van der Waals surface area contributed by atoms with Crippen molar-refractivity contribution < 1.29 is 28.7 Å². The standard InChI is InChI=1S/C24H24N4O6P2/c1-15-3-5-25-19(7-15)21-8-16(2)9-22(27-21)24-12-18(14-36(32,33)34)11-23(28-24)20-10-17(4-6-26-20)13-35(29,30)31/h3-12H,13-14H2,1-2H3,(H2,29,30,31)(H2,32,33,34). The number of hydrogen-bond acceptors (Lipinski definition) is 6. The van der Waals surface area contributed by atoms with E-state index in [1.807, 2.05) is 38.1 Å². The van der Waals surface area contributed by atoms with Crippen LogP contribution in [0.3, 0.4) is 0 Å². The van der Waals surface area contributed by atoms with E-state index in [1.54, 1.807) is 12.3 Å². The van der Waals surface area contributed by atoms with Gasteiger partial charge in [0.05, 0.1) is 46.5 Å².